The molecular weight excluding hydrogens is 365 g/mol. The van der Waals surface area contributed by atoms with E-state index in [-0.39, 0.29) is 24.7 Å². The van der Waals surface area contributed by atoms with E-state index in [1.54, 1.807) is 24.1 Å². The third kappa shape index (κ3) is 5.49. The zero-order valence-corrected chi connectivity index (χ0v) is 15.8. The molecule has 1 aromatic carbocycles. The van der Waals surface area contributed by atoms with Gasteiger partial charge in [0.2, 0.25) is 0 Å². The van der Waals surface area contributed by atoms with E-state index in [0.717, 1.165) is 18.4 Å². The van der Waals surface area contributed by atoms with Crippen LogP contribution in [0.3, 0.4) is 0 Å². The molecule has 1 aromatic rings. The molecule has 138 valence electrons. The predicted molar refractivity (Wildman–Crippen MR) is 98.2 cm³/mol. The Morgan fingerprint density at radius 3 is 2.52 bits per heavy atom. The molecule has 1 saturated carbocycles. The minimum Gasteiger partial charge on any atom is -0.480 e. The molecule has 0 spiro atoms. The lowest BCUT2D eigenvalue weighted by molar-refractivity contribution is -0.139. The minimum atomic E-state index is -0.823. The quantitative estimate of drug-likeness (QED) is 0.753. The van der Waals surface area contributed by atoms with Gasteiger partial charge >= 0.3 is 12.0 Å². The van der Waals surface area contributed by atoms with Crippen LogP contribution in [0.15, 0.2) is 18.2 Å². The van der Waals surface area contributed by atoms with Crippen molar-refractivity contribution < 1.29 is 14.7 Å². The first-order valence-corrected chi connectivity index (χ1v) is 8.97. The highest BCUT2D eigenvalue weighted by Gasteiger charge is 2.35. The van der Waals surface area contributed by atoms with Gasteiger partial charge in [-0.3, -0.25) is 9.69 Å². The molecule has 1 fully saturated rings. The normalized spacial score (nSPS) is 19.4. The summed E-state index contributed by atoms with van der Waals surface area (Å²) in [6.07, 6.45) is 1.54. The molecule has 0 saturated heterocycles. The van der Waals surface area contributed by atoms with Crippen LogP contribution in [-0.4, -0.2) is 59.1 Å². The Labute approximate surface area is 157 Å². The van der Waals surface area contributed by atoms with Crippen molar-refractivity contribution >= 4 is 35.2 Å². The summed E-state index contributed by atoms with van der Waals surface area (Å²) in [4.78, 5) is 26.6. The Bertz CT molecular complexity index is 636. The average Bonchev–Trinajstić information content (AvgIpc) is 2.51. The summed E-state index contributed by atoms with van der Waals surface area (Å²) in [5.41, 5.74) is 0.900. The van der Waals surface area contributed by atoms with Gasteiger partial charge in [0, 0.05) is 25.7 Å². The first kappa shape index (κ1) is 19.8. The highest BCUT2D eigenvalue weighted by molar-refractivity contribution is 6.42. The molecule has 1 aliphatic rings. The molecule has 0 atom stereocenters. The molecule has 0 heterocycles. The first-order chi connectivity index (χ1) is 11.8. The molecule has 0 aromatic heterocycles. The van der Waals surface area contributed by atoms with Crippen molar-refractivity contribution in [3.63, 3.8) is 0 Å². The van der Waals surface area contributed by atoms with Crippen LogP contribution in [0.4, 0.5) is 4.79 Å². The maximum atomic E-state index is 12.3. The largest absolute Gasteiger partial charge is 0.480 e. The van der Waals surface area contributed by atoms with Crippen molar-refractivity contribution in [2.45, 2.75) is 38.4 Å². The predicted octanol–water partition coefficient (Wildman–Crippen LogP) is 3.07. The van der Waals surface area contributed by atoms with Crippen molar-refractivity contribution in [2.75, 3.05) is 20.1 Å². The zero-order valence-electron chi connectivity index (χ0n) is 14.3. The summed E-state index contributed by atoms with van der Waals surface area (Å²) in [6.45, 7) is 3.10. The molecule has 2 N–H and O–H groups in total. The fourth-order valence-electron chi connectivity index (χ4n) is 2.95. The SMILES string of the molecule is CCN(CC(=O)O)C1CC(NC(=O)N(C)Cc2ccc(Cl)c(Cl)c2)C1. The van der Waals surface area contributed by atoms with Crippen molar-refractivity contribution in [1.82, 2.24) is 15.1 Å². The van der Waals surface area contributed by atoms with E-state index in [0.29, 0.717) is 23.1 Å². The van der Waals surface area contributed by atoms with Crippen LogP contribution in [0.2, 0.25) is 10.0 Å². The van der Waals surface area contributed by atoms with Crippen molar-refractivity contribution in [1.29, 1.82) is 0 Å². The molecule has 1 aliphatic carbocycles. The second kappa shape index (κ2) is 8.74. The van der Waals surface area contributed by atoms with Crippen molar-refractivity contribution in [3.05, 3.63) is 33.8 Å². The topological polar surface area (TPSA) is 72.9 Å². The van der Waals surface area contributed by atoms with E-state index in [1.807, 2.05) is 17.9 Å². The Balaban J connectivity index is 1.78. The number of halogens is 2. The lowest BCUT2D eigenvalue weighted by Gasteiger charge is -2.42. The van der Waals surface area contributed by atoms with E-state index in [4.69, 9.17) is 28.3 Å². The Morgan fingerprint density at radius 2 is 1.96 bits per heavy atom. The highest BCUT2D eigenvalue weighted by atomic mass is 35.5. The van der Waals surface area contributed by atoms with Crippen molar-refractivity contribution in [2.24, 2.45) is 0 Å². The number of likely N-dealkylation sites (N-methyl/N-ethyl adjacent to an activating group) is 1. The summed E-state index contributed by atoms with van der Waals surface area (Å²) in [5.74, 6) is -0.823. The number of carbonyl (C=O) groups is 2. The standard InChI is InChI=1S/C17H23Cl2N3O3/c1-3-22(10-16(23)24)13-7-12(8-13)20-17(25)21(2)9-11-4-5-14(18)15(19)6-11/h4-6,12-13H,3,7-10H2,1-2H3,(H,20,25)(H,23,24). The van der Waals surface area contributed by atoms with Gasteiger partial charge in [-0.25, -0.2) is 4.79 Å². The van der Waals surface area contributed by atoms with E-state index in [1.165, 1.54) is 0 Å². The number of carbonyl (C=O) groups excluding carboxylic acids is 1. The molecule has 2 amide bonds. The Hall–Kier alpha value is -1.50. The lowest BCUT2D eigenvalue weighted by Crippen LogP contribution is -2.56. The van der Waals surface area contributed by atoms with Crippen LogP contribution in [-0.2, 0) is 11.3 Å². The van der Waals surface area contributed by atoms with Crippen LogP contribution in [0.25, 0.3) is 0 Å². The van der Waals surface area contributed by atoms with Gasteiger partial charge in [-0.1, -0.05) is 36.2 Å². The van der Waals surface area contributed by atoms with Gasteiger partial charge in [0.15, 0.2) is 0 Å². The number of carboxylic acid groups (broad SMARTS) is 1. The smallest absolute Gasteiger partial charge is 0.317 e. The fraction of sp³-hybridized carbons (Fsp3) is 0.529. The number of rotatable bonds is 7. The summed E-state index contributed by atoms with van der Waals surface area (Å²) in [6, 6.07) is 5.43. The number of urea groups is 1. The maximum Gasteiger partial charge on any atom is 0.317 e. The second-order valence-electron chi connectivity index (χ2n) is 6.33. The molecule has 0 aliphatic heterocycles. The summed E-state index contributed by atoms with van der Waals surface area (Å²) >= 11 is 11.9. The Morgan fingerprint density at radius 1 is 1.28 bits per heavy atom. The number of benzene rings is 1. The van der Waals surface area contributed by atoms with E-state index >= 15 is 0 Å². The van der Waals surface area contributed by atoms with Crippen LogP contribution in [0.5, 0.6) is 0 Å². The second-order valence-corrected chi connectivity index (χ2v) is 7.15. The van der Waals surface area contributed by atoms with Gasteiger partial charge in [-0.05, 0) is 37.1 Å². The molecule has 8 heteroatoms. The zero-order chi connectivity index (χ0) is 18.6. The van der Waals surface area contributed by atoms with Gasteiger partial charge in [0.05, 0.1) is 16.6 Å². The number of nitrogens with zero attached hydrogens (tertiary/aromatic N) is 2. The molecular formula is C17H23Cl2N3O3. The van der Waals surface area contributed by atoms with Crippen LogP contribution < -0.4 is 5.32 Å². The van der Waals surface area contributed by atoms with Gasteiger partial charge < -0.3 is 15.3 Å². The van der Waals surface area contributed by atoms with Crippen LogP contribution in [0, 0.1) is 0 Å². The Kier molecular flexibility index (Phi) is 6.93. The van der Waals surface area contributed by atoms with Crippen molar-refractivity contribution in [3.8, 4) is 0 Å². The van der Waals surface area contributed by atoms with E-state index < -0.39 is 5.97 Å². The van der Waals surface area contributed by atoms with Gasteiger partial charge in [-0.15, -0.1) is 0 Å². The summed E-state index contributed by atoms with van der Waals surface area (Å²) in [7, 11) is 1.72. The summed E-state index contributed by atoms with van der Waals surface area (Å²) < 4.78 is 0. The van der Waals surface area contributed by atoms with Gasteiger partial charge in [-0.2, -0.15) is 0 Å². The monoisotopic (exact) mass is 387 g/mol. The number of hydrogen-bond donors (Lipinski definition) is 2. The number of aliphatic carboxylic acids is 1. The van der Waals surface area contributed by atoms with Gasteiger partial charge in [0.25, 0.3) is 0 Å². The minimum absolute atomic E-state index is 0.0407. The average molecular weight is 388 g/mol. The maximum absolute atomic E-state index is 12.3. The molecule has 2 rings (SSSR count). The number of carboxylic acids is 1. The molecule has 25 heavy (non-hydrogen) atoms. The first-order valence-electron chi connectivity index (χ1n) is 8.21. The lowest BCUT2D eigenvalue weighted by atomic mass is 9.85. The third-order valence-corrected chi connectivity index (χ3v) is 5.19. The van der Waals surface area contributed by atoms with Crippen LogP contribution in [0.1, 0.15) is 25.3 Å². The van der Waals surface area contributed by atoms with E-state index in [2.05, 4.69) is 5.32 Å². The van der Waals surface area contributed by atoms with E-state index in [9.17, 15) is 9.59 Å². The molecule has 0 radical (unpaired) electrons. The van der Waals surface area contributed by atoms with Crippen LogP contribution >= 0.6 is 23.2 Å². The summed E-state index contributed by atoms with van der Waals surface area (Å²) in [5, 5.41) is 12.8. The number of amides is 2. The molecule has 0 bridgehead atoms. The number of hydrogen-bond acceptors (Lipinski definition) is 3. The van der Waals surface area contributed by atoms with Gasteiger partial charge in [0.1, 0.15) is 0 Å². The highest BCUT2D eigenvalue weighted by Crippen LogP contribution is 2.26. The third-order valence-electron chi connectivity index (χ3n) is 4.45. The number of nitrogens with one attached hydrogen (secondary N) is 1. The molecule has 0 unspecified atom stereocenters. The fourth-order valence-corrected chi connectivity index (χ4v) is 3.27. The molecule has 6 nitrogen and oxygen atoms in total.